The minimum Gasteiger partial charge on any atom is -0.496 e. The van der Waals surface area contributed by atoms with Gasteiger partial charge >= 0.3 is 5.97 Å². The summed E-state index contributed by atoms with van der Waals surface area (Å²) in [6.45, 7) is 2.03. The minimum atomic E-state index is -0.363. The molecule has 0 radical (unpaired) electrons. The number of hydrogen-bond acceptors (Lipinski definition) is 4. The van der Waals surface area contributed by atoms with Crippen LogP contribution in [0.25, 0.3) is 0 Å². The largest absolute Gasteiger partial charge is 0.496 e. The van der Waals surface area contributed by atoms with Crippen molar-refractivity contribution in [1.29, 1.82) is 0 Å². The molecule has 1 N–H and O–H groups in total. The summed E-state index contributed by atoms with van der Waals surface area (Å²) >= 11 is 0. The van der Waals surface area contributed by atoms with E-state index in [1.54, 1.807) is 13.2 Å². The highest BCUT2D eigenvalue weighted by Crippen LogP contribution is 2.28. The second-order valence-corrected chi connectivity index (χ2v) is 4.14. The van der Waals surface area contributed by atoms with Gasteiger partial charge in [-0.15, -0.1) is 12.4 Å². The number of rotatable bonds is 3. The molecule has 0 spiro atoms. The van der Waals surface area contributed by atoms with Crippen molar-refractivity contribution in [3.8, 4) is 5.75 Å². The Bertz CT molecular complexity index is 417. The summed E-state index contributed by atoms with van der Waals surface area (Å²) < 4.78 is 9.96. The zero-order chi connectivity index (χ0) is 12.3. The van der Waals surface area contributed by atoms with Crippen molar-refractivity contribution in [1.82, 2.24) is 5.32 Å². The van der Waals surface area contributed by atoms with Crippen molar-refractivity contribution < 1.29 is 14.3 Å². The Labute approximate surface area is 113 Å². The van der Waals surface area contributed by atoms with Crippen LogP contribution in [-0.4, -0.2) is 33.3 Å². The van der Waals surface area contributed by atoms with E-state index in [2.05, 4.69) is 5.32 Å². The Kier molecular flexibility index (Phi) is 5.44. The van der Waals surface area contributed by atoms with Gasteiger partial charge in [-0.3, -0.25) is 0 Å². The lowest BCUT2D eigenvalue weighted by atomic mass is 9.97. The number of ether oxygens (including phenoxy) is 2. The van der Waals surface area contributed by atoms with Gasteiger partial charge in [0.1, 0.15) is 11.3 Å². The highest BCUT2D eigenvalue weighted by molar-refractivity contribution is 5.92. The van der Waals surface area contributed by atoms with Crippen LogP contribution in [0.2, 0.25) is 0 Å². The monoisotopic (exact) mass is 271 g/mol. The fraction of sp³-hybridized carbons (Fsp3) is 0.462. The molecule has 1 fully saturated rings. The molecule has 0 aromatic heterocycles. The van der Waals surface area contributed by atoms with Crippen molar-refractivity contribution in [3.63, 3.8) is 0 Å². The first-order valence-corrected chi connectivity index (χ1v) is 5.73. The van der Waals surface area contributed by atoms with Crippen LogP contribution in [-0.2, 0) is 4.74 Å². The molecule has 1 heterocycles. The molecule has 18 heavy (non-hydrogen) atoms. The Morgan fingerprint density at radius 1 is 1.39 bits per heavy atom. The SMILES string of the molecule is COC(=O)c1ccc(C2CCNC2)cc1OC.Cl. The summed E-state index contributed by atoms with van der Waals surface area (Å²) in [5.41, 5.74) is 1.68. The van der Waals surface area contributed by atoms with Crippen molar-refractivity contribution in [2.24, 2.45) is 0 Å². The third-order valence-electron chi connectivity index (χ3n) is 3.16. The summed E-state index contributed by atoms with van der Waals surface area (Å²) in [5, 5.41) is 3.32. The van der Waals surface area contributed by atoms with E-state index >= 15 is 0 Å². The summed E-state index contributed by atoms with van der Waals surface area (Å²) in [6, 6.07) is 5.69. The second-order valence-electron chi connectivity index (χ2n) is 4.14. The third kappa shape index (κ3) is 2.94. The molecule has 1 aliphatic heterocycles. The second kappa shape index (κ2) is 6.61. The summed E-state index contributed by atoms with van der Waals surface area (Å²) in [4.78, 5) is 11.5. The van der Waals surface area contributed by atoms with Gasteiger partial charge in [-0.25, -0.2) is 4.79 Å². The lowest BCUT2D eigenvalue weighted by Gasteiger charge is -2.12. The molecular formula is C13H18ClNO3. The van der Waals surface area contributed by atoms with Crippen LogP contribution in [0.1, 0.15) is 28.3 Å². The normalized spacial score (nSPS) is 18.0. The number of hydrogen-bond donors (Lipinski definition) is 1. The molecule has 100 valence electrons. The molecule has 4 nitrogen and oxygen atoms in total. The van der Waals surface area contributed by atoms with Gasteiger partial charge in [-0.2, -0.15) is 0 Å². The number of carbonyl (C=O) groups is 1. The van der Waals surface area contributed by atoms with Crippen LogP contribution in [0.5, 0.6) is 5.75 Å². The van der Waals surface area contributed by atoms with Crippen LogP contribution < -0.4 is 10.1 Å². The van der Waals surface area contributed by atoms with Crippen LogP contribution in [0.3, 0.4) is 0 Å². The molecule has 1 aromatic rings. The van der Waals surface area contributed by atoms with Gasteiger partial charge in [0.2, 0.25) is 0 Å². The van der Waals surface area contributed by atoms with Gasteiger partial charge in [0.25, 0.3) is 0 Å². The minimum absolute atomic E-state index is 0. The number of halogens is 1. The molecule has 0 bridgehead atoms. The van der Waals surface area contributed by atoms with E-state index in [4.69, 9.17) is 9.47 Å². The maximum atomic E-state index is 11.5. The first kappa shape index (κ1) is 14.8. The number of carbonyl (C=O) groups excluding carboxylic acids is 1. The Balaban J connectivity index is 0.00000162. The molecule has 1 aromatic carbocycles. The molecule has 1 aliphatic rings. The quantitative estimate of drug-likeness (QED) is 0.854. The molecule has 0 saturated carbocycles. The van der Waals surface area contributed by atoms with Crippen LogP contribution >= 0.6 is 12.4 Å². The number of esters is 1. The predicted octanol–water partition coefficient (Wildman–Crippen LogP) is 1.98. The van der Waals surface area contributed by atoms with E-state index < -0.39 is 0 Å². The number of methoxy groups -OCH3 is 2. The fourth-order valence-corrected chi connectivity index (χ4v) is 2.18. The average Bonchev–Trinajstić information content (AvgIpc) is 2.91. The van der Waals surface area contributed by atoms with Crippen LogP contribution in [0.4, 0.5) is 0 Å². The lowest BCUT2D eigenvalue weighted by Crippen LogP contribution is -2.09. The predicted molar refractivity (Wildman–Crippen MR) is 71.8 cm³/mol. The Hall–Kier alpha value is -1.26. The molecule has 0 aliphatic carbocycles. The molecule has 5 heteroatoms. The van der Waals surface area contributed by atoms with Crippen LogP contribution in [0.15, 0.2) is 18.2 Å². The zero-order valence-electron chi connectivity index (χ0n) is 10.6. The highest BCUT2D eigenvalue weighted by Gasteiger charge is 2.19. The molecule has 1 saturated heterocycles. The molecule has 1 atom stereocenters. The van der Waals surface area contributed by atoms with Crippen molar-refractivity contribution >= 4 is 18.4 Å². The molecule has 2 rings (SSSR count). The Morgan fingerprint density at radius 2 is 2.17 bits per heavy atom. The van der Waals surface area contributed by atoms with Gasteiger partial charge < -0.3 is 14.8 Å². The summed E-state index contributed by atoms with van der Waals surface area (Å²) in [6.07, 6.45) is 1.13. The summed E-state index contributed by atoms with van der Waals surface area (Å²) in [7, 11) is 2.94. The lowest BCUT2D eigenvalue weighted by molar-refractivity contribution is 0.0597. The number of benzene rings is 1. The summed E-state index contributed by atoms with van der Waals surface area (Å²) in [5.74, 6) is 0.731. The first-order valence-electron chi connectivity index (χ1n) is 5.73. The fourth-order valence-electron chi connectivity index (χ4n) is 2.18. The Morgan fingerprint density at radius 3 is 2.72 bits per heavy atom. The third-order valence-corrected chi connectivity index (χ3v) is 3.16. The van der Waals surface area contributed by atoms with E-state index in [1.165, 1.54) is 12.7 Å². The maximum absolute atomic E-state index is 11.5. The van der Waals surface area contributed by atoms with Gasteiger partial charge in [0.15, 0.2) is 0 Å². The molecule has 0 amide bonds. The van der Waals surface area contributed by atoms with Crippen molar-refractivity contribution in [3.05, 3.63) is 29.3 Å². The van der Waals surface area contributed by atoms with Gasteiger partial charge in [0.05, 0.1) is 14.2 Å². The standard InChI is InChI=1S/C13H17NO3.ClH/c1-16-12-7-9(10-5-6-14-8-10)3-4-11(12)13(15)17-2;/h3-4,7,10,14H,5-6,8H2,1-2H3;1H. The van der Waals surface area contributed by atoms with Gasteiger partial charge in [0, 0.05) is 6.54 Å². The number of nitrogens with one attached hydrogen (secondary N) is 1. The average molecular weight is 272 g/mol. The van der Waals surface area contributed by atoms with E-state index in [1.807, 2.05) is 12.1 Å². The maximum Gasteiger partial charge on any atom is 0.341 e. The van der Waals surface area contributed by atoms with E-state index in [9.17, 15) is 4.79 Å². The van der Waals surface area contributed by atoms with E-state index in [0.717, 1.165) is 19.5 Å². The highest BCUT2D eigenvalue weighted by atomic mass is 35.5. The first-order chi connectivity index (χ1) is 8.26. The van der Waals surface area contributed by atoms with Crippen LogP contribution in [0, 0.1) is 0 Å². The van der Waals surface area contributed by atoms with Gasteiger partial charge in [-0.1, -0.05) is 6.07 Å². The molecule has 1 unspecified atom stereocenters. The topological polar surface area (TPSA) is 47.6 Å². The molecular weight excluding hydrogens is 254 g/mol. The van der Waals surface area contributed by atoms with Gasteiger partial charge in [-0.05, 0) is 36.6 Å². The smallest absolute Gasteiger partial charge is 0.341 e. The van der Waals surface area contributed by atoms with E-state index in [0.29, 0.717) is 17.2 Å². The van der Waals surface area contributed by atoms with Crippen molar-refractivity contribution in [2.75, 3.05) is 27.3 Å². The zero-order valence-corrected chi connectivity index (χ0v) is 11.4. The van der Waals surface area contributed by atoms with E-state index in [-0.39, 0.29) is 18.4 Å². The van der Waals surface area contributed by atoms with Crippen molar-refractivity contribution in [2.45, 2.75) is 12.3 Å².